The molecule has 0 fully saturated rings. The molecule has 0 saturated carbocycles. The highest BCUT2D eigenvalue weighted by atomic mass is 16.7. The number of benzene rings is 1. The SMILES string of the molecule is CCN(CC)C(=O)CNC(=O)c1cc2c(cc1N)OCO2. The third-order valence-electron chi connectivity index (χ3n) is 3.31. The Morgan fingerprint density at radius 2 is 1.86 bits per heavy atom. The molecule has 0 atom stereocenters. The summed E-state index contributed by atoms with van der Waals surface area (Å²) in [6, 6.07) is 3.07. The van der Waals surface area contributed by atoms with Crippen molar-refractivity contribution in [3.8, 4) is 11.5 Å². The Kier molecular flexibility index (Phi) is 4.52. The maximum absolute atomic E-state index is 12.1. The van der Waals surface area contributed by atoms with Gasteiger partial charge >= 0.3 is 0 Å². The fraction of sp³-hybridized carbons (Fsp3) is 0.429. The molecule has 0 bridgehead atoms. The second-order valence-corrected chi connectivity index (χ2v) is 4.54. The lowest BCUT2D eigenvalue weighted by molar-refractivity contribution is -0.129. The van der Waals surface area contributed by atoms with E-state index in [0.717, 1.165) is 0 Å². The molecule has 0 aromatic heterocycles. The Labute approximate surface area is 123 Å². The van der Waals surface area contributed by atoms with Crippen LogP contribution in [-0.4, -0.2) is 43.1 Å². The second-order valence-electron chi connectivity index (χ2n) is 4.54. The fourth-order valence-corrected chi connectivity index (χ4v) is 2.09. The Hall–Kier alpha value is -2.44. The molecule has 7 heteroatoms. The molecule has 1 aromatic rings. The van der Waals surface area contributed by atoms with E-state index in [4.69, 9.17) is 15.2 Å². The normalized spacial score (nSPS) is 12.1. The van der Waals surface area contributed by atoms with Gasteiger partial charge in [0.05, 0.1) is 12.1 Å². The van der Waals surface area contributed by atoms with Crippen LogP contribution in [0.4, 0.5) is 5.69 Å². The zero-order valence-corrected chi connectivity index (χ0v) is 12.1. The van der Waals surface area contributed by atoms with Gasteiger partial charge in [-0.05, 0) is 19.9 Å². The number of carbonyl (C=O) groups excluding carboxylic acids is 2. The molecule has 1 aliphatic rings. The largest absolute Gasteiger partial charge is 0.454 e. The van der Waals surface area contributed by atoms with Gasteiger partial charge in [-0.3, -0.25) is 9.59 Å². The van der Waals surface area contributed by atoms with Crippen LogP contribution in [0.15, 0.2) is 12.1 Å². The number of ether oxygens (including phenoxy) is 2. The van der Waals surface area contributed by atoms with Crippen molar-refractivity contribution < 1.29 is 19.1 Å². The first kappa shape index (κ1) is 15.0. The first-order valence-corrected chi connectivity index (χ1v) is 6.81. The van der Waals surface area contributed by atoms with E-state index >= 15 is 0 Å². The Morgan fingerprint density at radius 1 is 1.24 bits per heavy atom. The Balaban J connectivity index is 2.03. The minimum atomic E-state index is -0.411. The first-order valence-electron chi connectivity index (χ1n) is 6.81. The molecule has 0 spiro atoms. The van der Waals surface area contributed by atoms with E-state index in [9.17, 15) is 9.59 Å². The third kappa shape index (κ3) is 3.18. The van der Waals surface area contributed by atoms with Crippen LogP contribution in [0.3, 0.4) is 0 Å². The van der Waals surface area contributed by atoms with Crippen molar-refractivity contribution in [2.24, 2.45) is 0 Å². The standard InChI is InChI=1S/C14H19N3O4/c1-3-17(4-2)13(18)7-16-14(19)9-5-11-12(6-10(9)15)21-8-20-11/h5-6H,3-4,7-8,15H2,1-2H3,(H,16,19). The van der Waals surface area contributed by atoms with Crippen molar-refractivity contribution in [2.45, 2.75) is 13.8 Å². The number of fused-ring (bicyclic) bond motifs is 1. The molecule has 7 nitrogen and oxygen atoms in total. The molecule has 2 amide bonds. The number of hydrogen-bond acceptors (Lipinski definition) is 5. The van der Waals surface area contributed by atoms with Crippen molar-refractivity contribution >= 4 is 17.5 Å². The number of likely N-dealkylation sites (N-methyl/N-ethyl adjacent to an activating group) is 1. The van der Waals surface area contributed by atoms with Crippen LogP contribution in [0.5, 0.6) is 11.5 Å². The maximum Gasteiger partial charge on any atom is 0.253 e. The minimum absolute atomic E-state index is 0.0611. The van der Waals surface area contributed by atoms with Gasteiger partial charge in [-0.15, -0.1) is 0 Å². The molecule has 0 saturated heterocycles. The lowest BCUT2D eigenvalue weighted by atomic mass is 10.1. The molecule has 114 valence electrons. The number of carbonyl (C=O) groups is 2. The van der Waals surface area contributed by atoms with Crippen molar-refractivity contribution in [3.05, 3.63) is 17.7 Å². The van der Waals surface area contributed by atoms with Crippen LogP contribution in [0.2, 0.25) is 0 Å². The molecule has 1 aromatic carbocycles. The second kappa shape index (κ2) is 6.34. The number of hydrogen-bond donors (Lipinski definition) is 2. The fourth-order valence-electron chi connectivity index (χ4n) is 2.09. The summed E-state index contributed by atoms with van der Waals surface area (Å²) in [7, 11) is 0. The smallest absolute Gasteiger partial charge is 0.253 e. The number of anilines is 1. The van der Waals surface area contributed by atoms with Crippen LogP contribution in [0.25, 0.3) is 0 Å². The van der Waals surface area contributed by atoms with Crippen molar-refractivity contribution in [2.75, 3.05) is 32.2 Å². The number of nitrogens with zero attached hydrogens (tertiary/aromatic N) is 1. The van der Waals surface area contributed by atoms with Crippen molar-refractivity contribution in [1.82, 2.24) is 10.2 Å². The van der Waals surface area contributed by atoms with Crippen LogP contribution >= 0.6 is 0 Å². The molecule has 0 radical (unpaired) electrons. The van der Waals surface area contributed by atoms with Crippen molar-refractivity contribution in [1.29, 1.82) is 0 Å². The number of nitrogens with one attached hydrogen (secondary N) is 1. The predicted molar refractivity (Wildman–Crippen MR) is 77.2 cm³/mol. The molecular formula is C14H19N3O4. The van der Waals surface area contributed by atoms with Crippen LogP contribution in [0, 0.1) is 0 Å². The summed E-state index contributed by atoms with van der Waals surface area (Å²) < 4.78 is 10.4. The van der Waals surface area contributed by atoms with Gasteiger partial charge < -0.3 is 25.4 Å². The summed E-state index contributed by atoms with van der Waals surface area (Å²) in [5, 5.41) is 2.57. The molecule has 1 aliphatic heterocycles. The lowest BCUT2D eigenvalue weighted by Crippen LogP contribution is -2.40. The summed E-state index contributed by atoms with van der Waals surface area (Å²) >= 11 is 0. The molecule has 21 heavy (non-hydrogen) atoms. The zero-order valence-electron chi connectivity index (χ0n) is 12.1. The molecule has 2 rings (SSSR count). The van der Waals surface area contributed by atoms with Crippen LogP contribution in [0.1, 0.15) is 24.2 Å². The van der Waals surface area contributed by atoms with Gasteiger partial charge in [0.25, 0.3) is 5.91 Å². The van der Waals surface area contributed by atoms with Gasteiger partial charge in [0.15, 0.2) is 11.5 Å². The summed E-state index contributed by atoms with van der Waals surface area (Å²) in [6.45, 7) is 5.04. The summed E-state index contributed by atoms with van der Waals surface area (Å²) in [4.78, 5) is 25.6. The highest BCUT2D eigenvalue weighted by Crippen LogP contribution is 2.35. The first-order chi connectivity index (χ1) is 10.1. The molecule has 0 aliphatic carbocycles. The van der Waals surface area contributed by atoms with Gasteiger partial charge in [-0.25, -0.2) is 0 Å². The van der Waals surface area contributed by atoms with Gasteiger partial charge in [0.1, 0.15) is 0 Å². The maximum atomic E-state index is 12.1. The van der Waals surface area contributed by atoms with Gasteiger partial charge in [0, 0.05) is 24.8 Å². The van der Waals surface area contributed by atoms with E-state index in [-0.39, 0.29) is 30.5 Å². The molecule has 1 heterocycles. The highest BCUT2D eigenvalue weighted by Gasteiger charge is 2.20. The van der Waals surface area contributed by atoms with Crippen LogP contribution in [-0.2, 0) is 4.79 Å². The van der Waals surface area contributed by atoms with E-state index in [2.05, 4.69) is 5.32 Å². The zero-order chi connectivity index (χ0) is 15.4. The summed E-state index contributed by atoms with van der Waals surface area (Å²) in [5.74, 6) is 0.451. The number of rotatable bonds is 5. The average Bonchev–Trinajstić information content (AvgIpc) is 2.92. The average molecular weight is 293 g/mol. The summed E-state index contributed by atoms with van der Waals surface area (Å²) in [6.07, 6.45) is 0. The highest BCUT2D eigenvalue weighted by molar-refractivity contribution is 6.01. The lowest BCUT2D eigenvalue weighted by Gasteiger charge is -2.18. The Bertz CT molecular complexity index is 555. The van der Waals surface area contributed by atoms with Crippen LogP contribution < -0.4 is 20.5 Å². The van der Waals surface area contributed by atoms with Gasteiger partial charge in [-0.2, -0.15) is 0 Å². The predicted octanol–water partition coefficient (Wildman–Crippen LogP) is 0.596. The quantitative estimate of drug-likeness (QED) is 0.775. The Morgan fingerprint density at radius 3 is 2.48 bits per heavy atom. The molecule has 3 N–H and O–H groups in total. The third-order valence-corrected chi connectivity index (χ3v) is 3.31. The number of nitrogens with two attached hydrogens (primary N) is 1. The molecule has 0 unspecified atom stereocenters. The minimum Gasteiger partial charge on any atom is -0.454 e. The van der Waals surface area contributed by atoms with E-state index in [0.29, 0.717) is 24.6 Å². The monoisotopic (exact) mass is 293 g/mol. The van der Waals surface area contributed by atoms with E-state index in [1.807, 2.05) is 13.8 Å². The topological polar surface area (TPSA) is 93.9 Å². The van der Waals surface area contributed by atoms with E-state index in [1.165, 1.54) is 6.07 Å². The van der Waals surface area contributed by atoms with Gasteiger partial charge in [0.2, 0.25) is 12.7 Å². The number of nitrogen functional groups attached to an aromatic ring is 1. The summed E-state index contributed by atoms with van der Waals surface area (Å²) in [5.41, 5.74) is 6.38. The number of amides is 2. The van der Waals surface area contributed by atoms with Gasteiger partial charge in [-0.1, -0.05) is 0 Å². The van der Waals surface area contributed by atoms with Crippen molar-refractivity contribution in [3.63, 3.8) is 0 Å². The van der Waals surface area contributed by atoms with E-state index < -0.39 is 5.91 Å². The van der Waals surface area contributed by atoms with E-state index in [1.54, 1.807) is 11.0 Å². The molecular weight excluding hydrogens is 274 g/mol.